The van der Waals surface area contributed by atoms with Crippen molar-refractivity contribution in [1.82, 2.24) is 0 Å². The summed E-state index contributed by atoms with van der Waals surface area (Å²) >= 11 is 0. The van der Waals surface area contributed by atoms with Gasteiger partial charge in [0.25, 0.3) is 0 Å². The van der Waals surface area contributed by atoms with Gasteiger partial charge < -0.3 is 5.73 Å². The fourth-order valence-electron chi connectivity index (χ4n) is 0.971. The average Bonchev–Trinajstić information content (AvgIpc) is 2.19. The summed E-state index contributed by atoms with van der Waals surface area (Å²) < 4.78 is 12.7. The van der Waals surface area contributed by atoms with Crippen molar-refractivity contribution in [3.63, 3.8) is 0 Å². The highest BCUT2D eigenvalue weighted by Gasteiger charge is 2.00. The van der Waals surface area contributed by atoms with Gasteiger partial charge in [-0.15, -0.1) is 0 Å². The first kappa shape index (κ1) is 10.9. The molecule has 1 aromatic carbocycles. The third kappa shape index (κ3) is 3.24. The van der Waals surface area contributed by atoms with Crippen LogP contribution in [0, 0.1) is 17.7 Å². The Morgan fingerprint density at radius 2 is 2.27 bits per heavy atom. The highest BCUT2D eigenvalue weighted by Crippen LogP contribution is 2.07. The van der Waals surface area contributed by atoms with Crippen molar-refractivity contribution in [2.75, 3.05) is 0 Å². The standard InChI is InChI=1S/C11H8FNO2/c12-10-5-4-8(9(6-10)7-14)2-1-3-11(13)15/h4-7H,3H2,(H2,13,15). The molecule has 1 rings (SSSR count). The number of amides is 1. The fraction of sp³-hybridized carbons (Fsp3) is 0.0909. The Morgan fingerprint density at radius 3 is 2.87 bits per heavy atom. The second kappa shape index (κ2) is 4.91. The molecule has 1 aromatic rings. The molecule has 0 aliphatic heterocycles. The number of rotatable bonds is 2. The zero-order valence-electron chi connectivity index (χ0n) is 7.79. The van der Waals surface area contributed by atoms with E-state index in [2.05, 4.69) is 11.8 Å². The minimum absolute atomic E-state index is 0.0876. The molecule has 0 aromatic heterocycles. The molecule has 0 saturated carbocycles. The van der Waals surface area contributed by atoms with Crippen LogP contribution in [0.5, 0.6) is 0 Å². The van der Waals surface area contributed by atoms with Gasteiger partial charge in [-0.3, -0.25) is 9.59 Å². The summed E-state index contributed by atoms with van der Waals surface area (Å²) in [6.07, 6.45) is 0.424. The van der Waals surface area contributed by atoms with Crippen LogP contribution in [0.3, 0.4) is 0 Å². The molecule has 0 fully saturated rings. The van der Waals surface area contributed by atoms with Crippen LogP contribution in [0.2, 0.25) is 0 Å². The number of aldehydes is 1. The Kier molecular flexibility index (Phi) is 3.58. The van der Waals surface area contributed by atoms with Gasteiger partial charge in [-0.1, -0.05) is 11.8 Å². The summed E-state index contributed by atoms with van der Waals surface area (Å²) in [4.78, 5) is 20.9. The maximum atomic E-state index is 12.7. The van der Waals surface area contributed by atoms with E-state index in [-0.39, 0.29) is 12.0 Å². The van der Waals surface area contributed by atoms with E-state index in [9.17, 15) is 14.0 Å². The van der Waals surface area contributed by atoms with Crippen molar-refractivity contribution in [1.29, 1.82) is 0 Å². The van der Waals surface area contributed by atoms with Crippen molar-refractivity contribution in [3.05, 3.63) is 35.1 Å². The third-order valence-corrected chi connectivity index (χ3v) is 1.63. The molecule has 0 saturated heterocycles. The first-order valence-electron chi connectivity index (χ1n) is 4.15. The summed E-state index contributed by atoms with van der Waals surface area (Å²) in [7, 11) is 0. The van der Waals surface area contributed by atoms with Gasteiger partial charge in [0.1, 0.15) is 5.82 Å². The monoisotopic (exact) mass is 205 g/mol. The predicted octanol–water partition coefficient (Wildman–Crippen LogP) is 0.865. The topological polar surface area (TPSA) is 60.2 Å². The molecular weight excluding hydrogens is 197 g/mol. The number of benzene rings is 1. The van der Waals surface area contributed by atoms with Gasteiger partial charge in [-0.05, 0) is 18.2 Å². The van der Waals surface area contributed by atoms with Crippen LogP contribution >= 0.6 is 0 Å². The third-order valence-electron chi connectivity index (χ3n) is 1.63. The van der Waals surface area contributed by atoms with E-state index < -0.39 is 11.7 Å². The molecule has 1 amide bonds. The van der Waals surface area contributed by atoms with Crippen molar-refractivity contribution in [2.24, 2.45) is 5.73 Å². The average molecular weight is 205 g/mol. The Bertz CT molecular complexity index is 457. The smallest absolute Gasteiger partial charge is 0.229 e. The maximum Gasteiger partial charge on any atom is 0.229 e. The van der Waals surface area contributed by atoms with Crippen molar-refractivity contribution in [2.45, 2.75) is 6.42 Å². The van der Waals surface area contributed by atoms with E-state index in [1.807, 2.05) is 0 Å². The number of carbonyl (C=O) groups excluding carboxylic acids is 2. The minimum atomic E-state index is -0.544. The molecule has 0 aliphatic carbocycles. The number of hydrogen-bond donors (Lipinski definition) is 1. The second-order valence-corrected chi connectivity index (χ2v) is 2.79. The van der Waals surface area contributed by atoms with E-state index in [1.165, 1.54) is 12.1 Å². The molecule has 0 aliphatic rings. The zero-order chi connectivity index (χ0) is 11.3. The number of nitrogens with two attached hydrogens (primary N) is 1. The highest BCUT2D eigenvalue weighted by atomic mass is 19.1. The molecule has 4 heteroatoms. The van der Waals surface area contributed by atoms with Gasteiger partial charge in [-0.2, -0.15) is 0 Å². The zero-order valence-corrected chi connectivity index (χ0v) is 7.79. The molecule has 0 bridgehead atoms. The van der Waals surface area contributed by atoms with E-state index in [4.69, 9.17) is 5.73 Å². The summed E-state index contributed by atoms with van der Waals surface area (Å²) in [6.45, 7) is 0. The van der Waals surface area contributed by atoms with Crippen LogP contribution in [0.15, 0.2) is 18.2 Å². The van der Waals surface area contributed by atoms with Gasteiger partial charge in [0, 0.05) is 11.1 Å². The lowest BCUT2D eigenvalue weighted by Crippen LogP contribution is -2.08. The summed E-state index contributed by atoms with van der Waals surface area (Å²) in [5, 5.41) is 0. The predicted molar refractivity (Wildman–Crippen MR) is 52.5 cm³/mol. The largest absolute Gasteiger partial charge is 0.369 e. The first-order chi connectivity index (χ1) is 7.13. The van der Waals surface area contributed by atoms with Crippen LogP contribution in [0.1, 0.15) is 22.3 Å². The molecule has 0 heterocycles. The molecule has 2 N–H and O–H groups in total. The Balaban J connectivity index is 2.97. The van der Waals surface area contributed by atoms with Gasteiger partial charge in [0.15, 0.2) is 6.29 Å². The van der Waals surface area contributed by atoms with E-state index in [0.29, 0.717) is 11.8 Å². The fourth-order valence-corrected chi connectivity index (χ4v) is 0.971. The quantitative estimate of drug-likeness (QED) is 0.575. The van der Waals surface area contributed by atoms with Gasteiger partial charge in [0.2, 0.25) is 5.91 Å². The lowest BCUT2D eigenvalue weighted by molar-refractivity contribution is -0.117. The number of hydrogen-bond acceptors (Lipinski definition) is 2. The molecular formula is C11H8FNO2. The maximum absolute atomic E-state index is 12.7. The van der Waals surface area contributed by atoms with Crippen LogP contribution < -0.4 is 5.73 Å². The number of halogens is 1. The molecule has 0 spiro atoms. The second-order valence-electron chi connectivity index (χ2n) is 2.79. The van der Waals surface area contributed by atoms with Crippen LogP contribution in [0.4, 0.5) is 4.39 Å². The van der Waals surface area contributed by atoms with Crippen LogP contribution in [-0.2, 0) is 4.79 Å². The lowest BCUT2D eigenvalue weighted by Gasteiger charge is -1.95. The molecule has 0 unspecified atom stereocenters. The minimum Gasteiger partial charge on any atom is -0.369 e. The van der Waals surface area contributed by atoms with E-state index in [1.54, 1.807) is 0 Å². The normalized spacial score (nSPS) is 8.87. The Labute approximate surface area is 86.1 Å². The first-order valence-corrected chi connectivity index (χ1v) is 4.15. The SMILES string of the molecule is NC(=O)CC#Cc1ccc(F)cc1C=O. The lowest BCUT2D eigenvalue weighted by atomic mass is 10.1. The van der Waals surface area contributed by atoms with Crippen molar-refractivity contribution < 1.29 is 14.0 Å². The van der Waals surface area contributed by atoms with Crippen LogP contribution in [-0.4, -0.2) is 12.2 Å². The molecule has 15 heavy (non-hydrogen) atoms. The molecule has 3 nitrogen and oxygen atoms in total. The van der Waals surface area contributed by atoms with Gasteiger partial charge in [0.05, 0.1) is 6.42 Å². The van der Waals surface area contributed by atoms with Gasteiger partial charge >= 0.3 is 0 Å². The van der Waals surface area contributed by atoms with Gasteiger partial charge in [-0.25, -0.2) is 4.39 Å². The molecule has 0 atom stereocenters. The number of carbonyl (C=O) groups is 2. The summed E-state index contributed by atoms with van der Waals surface area (Å²) in [5.74, 6) is 4.02. The summed E-state index contributed by atoms with van der Waals surface area (Å²) in [6, 6.07) is 3.66. The highest BCUT2D eigenvalue weighted by molar-refractivity contribution is 5.80. The number of primary amides is 1. The Morgan fingerprint density at radius 1 is 1.53 bits per heavy atom. The molecule has 76 valence electrons. The van der Waals surface area contributed by atoms with E-state index >= 15 is 0 Å². The van der Waals surface area contributed by atoms with Crippen LogP contribution in [0.25, 0.3) is 0 Å². The van der Waals surface area contributed by atoms with Crippen molar-refractivity contribution in [3.8, 4) is 11.8 Å². The Hall–Kier alpha value is -2.15. The molecule has 0 radical (unpaired) electrons. The summed E-state index contributed by atoms with van der Waals surface area (Å²) in [5.41, 5.74) is 5.42. The van der Waals surface area contributed by atoms with E-state index in [0.717, 1.165) is 6.07 Å². The van der Waals surface area contributed by atoms with Crippen molar-refractivity contribution >= 4 is 12.2 Å².